The smallest absolute Gasteiger partial charge is 0.238 e. The van der Waals surface area contributed by atoms with Crippen molar-refractivity contribution in [2.45, 2.75) is 94.8 Å². The lowest BCUT2D eigenvalue weighted by Gasteiger charge is -2.48. The maximum absolute atomic E-state index is 13.3. The zero-order chi connectivity index (χ0) is 21.0. The fourth-order valence-electron chi connectivity index (χ4n) is 6.04. The van der Waals surface area contributed by atoms with Crippen molar-refractivity contribution >= 4 is 18.0 Å². The van der Waals surface area contributed by atoms with Crippen molar-refractivity contribution < 1.29 is 23.9 Å². The van der Waals surface area contributed by atoms with Crippen LogP contribution in [0.25, 0.3) is 0 Å². The zero-order valence-corrected chi connectivity index (χ0v) is 18.1. The van der Waals surface area contributed by atoms with Gasteiger partial charge in [0.1, 0.15) is 18.4 Å². The summed E-state index contributed by atoms with van der Waals surface area (Å²) < 4.78 is 11.9. The molecule has 0 N–H and O–H groups in total. The van der Waals surface area contributed by atoms with E-state index in [9.17, 15) is 14.4 Å². The molecule has 30 heavy (non-hydrogen) atoms. The van der Waals surface area contributed by atoms with Gasteiger partial charge in [-0.05, 0) is 38.0 Å². The van der Waals surface area contributed by atoms with E-state index in [2.05, 4.69) is 0 Å². The standard InChI is InChI=1S/C23H36N2O5/c26-14-5-9-22(28)25(23-12-4-8-21(23)30-17-20(23)27)24-13-15-29-19(16-24)11-10-18-6-2-1-3-7-18/h14,18-19,21H,1-13,15-17H2. The number of aldehydes is 1. The van der Waals surface area contributed by atoms with Gasteiger partial charge in [0.15, 0.2) is 5.78 Å². The van der Waals surface area contributed by atoms with E-state index in [4.69, 9.17) is 9.47 Å². The molecule has 2 saturated heterocycles. The van der Waals surface area contributed by atoms with Crippen LogP contribution in [0.2, 0.25) is 0 Å². The molecular formula is C23H36N2O5. The highest BCUT2D eigenvalue weighted by atomic mass is 16.5. The number of fused-ring (bicyclic) bond motifs is 1. The summed E-state index contributed by atoms with van der Waals surface area (Å²) >= 11 is 0. The molecule has 3 atom stereocenters. The predicted molar refractivity (Wildman–Crippen MR) is 111 cm³/mol. The molecule has 0 spiro atoms. The molecule has 2 saturated carbocycles. The minimum Gasteiger partial charge on any atom is -0.375 e. The van der Waals surface area contributed by atoms with Crippen LogP contribution >= 0.6 is 0 Å². The number of carbonyl (C=O) groups is 3. The maximum atomic E-state index is 13.3. The molecule has 0 aromatic carbocycles. The average molecular weight is 421 g/mol. The molecule has 0 aromatic rings. The fourth-order valence-corrected chi connectivity index (χ4v) is 6.04. The van der Waals surface area contributed by atoms with Gasteiger partial charge < -0.3 is 14.3 Å². The van der Waals surface area contributed by atoms with Crippen molar-refractivity contribution in [2.24, 2.45) is 5.92 Å². The van der Waals surface area contributed by atoms with Gasteiger partial charge in [0.25, 0.3) is 0 Å². The third kappa shape index (κ3) is 4.34. The Morgan fingerprint density at radius 2 is 1.97 bits per heavy atom. The molecule has 4 rings (SSSR count). The van der Waals surface area contributed by atoms with Crippen LogP contribution in [0.15, 0.2) is 0 Å². The van der Waals surface area contributed by atoms with Gasteiger partial charge in [-0.25, -0.2) is 5.01 Å². The summed E-state index contributed by atoms with van der Waals surface area (Å²) in [4.78, 5) is 37.2. The van der Waals surface area contributed by atoms with Crippen LogP contribution in [0.1, 0.15) is 77.0 Å². The van der Waals surface area contributed by atoms with Crippen molar-refractivity contribution in [3.05, 3.63) is 0 Å². The number of carbonyl (C=O) groups excluding carboxylic acids is 3. The lowest BCUT2D eigenvalue weighted by Crippen LogP contribution is -2.67. The Morgan fingerprint density at radius 3 is 2.77 bits per heavy atom. The Hall–Kier alpha value is -1.31. The Kier molecular flexibility index (Phi) is 7.21. The molecular weight excluding hydrogens is 384 g/mol. The van der Waals surface area contributed by atoms with E-state index in [-0.39, 0.29) is 43.3 Å². The van der Waals surface area contributed by atoms with Gasteiger partial charge in [-0.1, -0.05) is 32.1 Å². The van der Waals surface area contributed by atoms with Crippen LogP contribution in [0.4, 0.5) is 0 Å². The predicted octanol–water partition coefficient (Wildman–Crippen LogP) is 2.66. The van der Waals surface area contributed by atoms with Crippen molar-refractivity contribution in [1.82, 2.24) is 10.0 Å². The highest BCUT2D eigenvalue weighted by Crippen LogP contribution is 2.44. The quantitative estimate of drug-likeness (QED) is 0.562. The Labute approximate surface area is 179 Å². The van der Waals surface area contributed by atoms with E-state index in [0.717, 1.165) is 31.5 Å². The summed E-state index contributed by atoms with van der Waals surface area (Å²) in [6.45, 7) is 1.86. The van der Waals surface area contributed by atoms with Gasteiger partial charge in [0, 0.05) is 25.9 Å². The summed E-state index contributed by atoms with van der Waals surface area (Å²) in [5.74, 6) is 0.668. The molecule has 2 aliphatic heterocycles. The number of rotatable bonds is 8. The first-order valence-electron chi connectivity index (χ1n) is 11.9. The second-order valence-corrected chi connectivity index (χ2v) is 9.44. The fraction of sp³-hybridized carbons (Fsp3) is 0.870. The van der Waals surface area contributed by atoms with Gasteiger partial charge >= 0.3 is 0 Å². The molecule has 2 heterocycles. The molecule has 168 valence electrons. The van der Waals surface area contributed by atoms with E-state index in [1.165, 1.54) is 38.5 Å². The van der Waals surface area contributed by atoms with E-state index in [0.29, 0.717) is 26.1 Å². The SMILES string of the molecule is O=CCCC(=O)N(N1CCOC(CCC2CCCCC2)C1)C12CCCC1OCC2=O. The second-order valence-electron chi connectivity index (χ2n) is 9.44. The van der Waals surface area contributed by atoms with Crippen molar-refractivity contribution in [2.75, 3.05) is 26.3 Å². The van der Waals surface area contributed by atoms with Crippen molar-refractivity contribution in [3.63, 3.8) is 0 Å². The number of hydrazine groups is 1. The van der Waals surface area contributed by atoms with Crippen LogP contribution in [-0.4, -0.2) is 72.0 Å². The number of ether oxygens (including phenoxy) is 2. The van der Waals surface area contributed by atoms with Gasteiger partial charge in [-0.2, -0.15) is 0 Å². The molecule has 4 aliphatic rings. The lowest BCUT2D eigenvalue weighted by molar-refractivity contribution is -0.193. The molecule has 0 aromatic heterocycles. The molecule has 0 radical (unpaired) electrons. The highest BCUT2D eigenvalue weighted by molar-refractivity contribution is 5.96. The van der Waals surface area contributed by atoms with Crippen LogP contribution in [0.5, 0.6) is 0 Å². The first-order chi connectivity index (χ1) is 14.6. The molecule has 4 fully saturated rings. The Bertz CT molecular complexity index is 635. The van der Waals surface area contributed by atoms with Gasteiger partial charge in [-0.15, -0.1) is 0 Å². The number of morpholine rings is 1. The Balaban J connectivity index is 1.48. The van der Waals surface area contributed by atoms with Crippen molar-refractivity contribution in [1.29, 1.82) is 0 Å². The van der Waals surface area contributed by atoms with Crippen LogP contribution in [0.3, 0.4) is 0 Å². The number of Topliss-reactive ketones (excluding diaryl/α,β-unsaturated/α-hetero) is 1. The summed E-state index contributed by atoms with van der Waals surface area (Å²) in [5.41, 5.74) is -0.884. The second kappa shape index (κ2) is 9.88. The third-order valence-electron chi connectivity index (χ3n) is 7.57. The minimum atomic E-state index is -0.884. The first kappa shape index (κ1) is 21.9. The van der Waals surface area contributed by atoms with E-state index >= 15 is 0 Å². The third-order valence-corrected chi connectivity index (χ3v) is 7.57. The minimum absolute atomic E-state index is 0.00898. The summed E-state index contributed by atoms with van der Waals surface area (Å²) in [6.07, 6.45) is 12.1. The van der Waals surface area contributed by atoms with Crippen molar-refractivity contribution in [3.8, 4) is 0 Å². The van der Waals surface area contributed by atoms with Gasteiger partial charge in [-0.3, -0.25) is 14.6 Å². The number of amides is 1. The summed E-state index contributed by atoms with van der Waals surface area (Å²) in [6, 6.07) is 0. The van der Waals surface area contributed by atoms with E-state index in [1.807, 2.05) is 5.01 Å². The highest BCUT2D eigenvalue weighted by Gasteiger charge is 2.60. The molecule has 7 nitrogen and oxygen atoms in total. The maximum Gasteiger partial charge on any atom is 0.238 e. The van der Waals surface area contributed by atoms with Gasteiger partial charge in [0.2, 0.25) is 5.91 Å². The van der Waals surface area contributed by atoms with Crippen LogP contribution < -0.4 is 0 Å². The average Bonchev–Trinajstić information content (AvgIpc) is 3.32. The van der Waals surface area contributed by atoms with Crippen LogP contribution in [0, 0.1) is 5.92 Å². The monoisotopic (exact) mass is 420 g/mol. The molecule has 0 bridgehead atoms. The van der Waals surface area contributed by atoms with E-state index < -0.39 is 5.54 Å². The molecule has 7 heteroatoms. The zero-order valence-electron chi connectivity index (χ0n) is 18.1. The first-order valence-corrected chi connectivity index (χ1v) is 11.9. The molecule has 1 amide bonds. The summed E-state index contributed by atoms with van der Waals surface area (Å²) in [5, 5.41) is 3.77. The number of nitrogens with zero attached hydrogens (tertiary/aromatic N) is 2. The lowest BCUT2D eigenvalue weighted by atomic mass is 9.85. The topological polar surface area (TPSA) is 76.2 Å². The normalized spacial score (nSPS) is 32.9. The largest absolute Gasteiger partial charge is 0.375 e. The van der Waals surface area contributed by atoms with Gasteiger partial charge in [0.05, 0.1) is 18.8 Å². The summed E-state index contributed by atoms with van der Waals surface area (Å²) in [7, 11) is 0. The number of ketones is 1. The Morgan fingerprint density at radius 1 is 1.13 bits per heavy atom. The van der Waals surface area contributed by atoms with Crippen LogP contribution in [-0.2, 0) is 23.9 Å². The number of hydrogen-bond donors (Lipinski definition) is 0. The molecule has 3 unspecified atom stereocenters. The number of hydrogen-bond acceptors (Lipinski definition) is 6. The molecule has 2 aliphatic carbocycles. The van der Waals surface area contributed by atoms with E-state index in [1.54, 1.807) is 5.01 Å².